The van der Waals surface area contributed by atoms with Crippen molar-refractivity contribution in [3.63, 3.8) is 0 Å². The quantitative estimate of drug-likeness (QED) is 0.745. The van der Waals surface area contributed by atoms with Gasteiger partial charge in [-0.2, -0.15) is 0 Å². The number of aromatic nitrogens is 4. The highest BCUT2D eigenvalue weighted by atomic mass is 14.9. The molecule has 0 aliphatic carbocycles. The van der Waals surface area contributed by atoms with Gasteiger partial charge in [-0.15, -0.1) is 0 Å². The van der Waals surface area contributed by atoms with Crippen LogP contribution >= 0.6 is 0 Å². The summed E-state index contributed by atoms with van der Waals surface area (Å²) in [5.41, 5.74) is 5.07. The van der Waals surface area contributed by atoms with Gasteiger partial charge in [0, 0.05) is 66.5 Å². The molecule has 1 aliphatic heterocycles. The first-order valence-electron chi connectivity index (χ1n) is 7.29. The summed E-state index contributed by atoms with van der Waals surface area (Å²) in [4.78, 5) is 21.6. The number of rotatable bonds is 3. The van der Waals surface area contributed by atoms with E-state index in [1.54, 1.807) is 18.6 Å². The molecular weight excluding hydrogens is 286 g/mol. The first kappa shape index (κ1) is 13.5. The van der Waals surface area contributed by atoms with Crippen LogP contribution in [0.4, 0.5) is 0 Å². The maximum absolute atomic E-state index is 4.49. The molecule has 0 bridgehead atoms. The van der Waals surface area contributed by atoms with Crippen molar-refractivity contribution in [3.05, 3.63) is 78.8 Å². The van der Waals surface area contributed by atoms with Gasteiger partial charge < -0.3 is 0 Å². The minimum atomic E-state index is 0.675. The van der Waals surface area contributed by atoms with E-state index in [1.165, 1.54) is 0 Å². The fourth-order valence-corrected chi connectivity index (χ4v) is 2.45. The van der Waals surface area contributed by atoms with Crippen molar-refractivity contribution in [2.75, 3.05) is 0 Å². The summed E-state index contributed by atoms with van der Waals surface area (Å²) in [6.07, 6.45) is 13.4. The molecule has 0 amide bonds. The summed E-state index contributed by atoms with van der Waals surface area (Å²) in [5, 5.41) is 0. The third kappa shape index (κ3) is 2.76. The fourth-order valence-electron chi connectivity index (χ4n) is 2.45. The molecule has 0 N–H and O–H groups in total. The van der Waals surface area contributed by atoms with Gasteiger partial charge in [-0.3, -0.25) is 15.0 Å². The molecule has 5 nitrogen and oxygen atoms in total. The van der Waals surface area contributed by atoms with E-state index >= 15 is 0 Å². The monoisotopic (exact) mass is 299 g/mol. The lowest BCUT2D eigenvalue weighted by Gasteiger charge is -2.04. The molecule has 0 atom stereocenters. The molecule has 4 rings (SSSR count). The number of hydrogen-bond donors (Lipinski definition) is 0. The molecule has 1 aliphatic rings. The van der Waals surface area contributed by atoms with E-state index < -0.39 is 0 Å². The SMILES string of the molecule is C1=C(c2cnc(-c3cccnc3)nc2)CC(c2cccnc2)=N1. The summed E-state index contributed by atoms with van der Waals surface area (Å²) in [5.74, 6) is 0.675. The van der Waals surface area contributed by atoms with Gasteiger partial charge in [0.15, 0.2) is 5.82 Å². The molecule has 0 unspecified atom stereocenters. The predicted octanol–water partition coefficient (Wildman–Crippen LogP) is 3.17. The molecule has 110 valence electrons. The van der Waals surface area contributed by atoms with Gasteiger partial charge in [0.05, 0.1) is 5.71 Å². The van der Waals surface area contributed by atoms with Crippen LogP contribution in [-0.4, -0.2) is 25.6 Å². The van der Waals surface area contributed by atoms with E-state index in [0.717, 1.165) is 34.4 Å². The van der Waals surface area contributed by atoms with Crippen molar-refractivity contribution < 1.29 is 0 Å². The van der Waals surface area contributed by atoms with E-state index in [0.29, 0.717) is 5.82 Å². The number of nitrogens with zero attached hydrogens (tertiary/aromatic N) is 5. The average Bonchev–Trinajstić information content (AvgIpc) is 3.14. The van der Waals surface area contributed by atoms with Crippen LogP contribution in [0.15, 0.2) is 72.6 Å². The molecular formula is C18H13N5. The minimum Gasteiger partial charge on any atom is -0.264 e. The topological polar surface area (TPSA) is 63.9 Å². The molecule has 0 fully saturated rings. The summed E-state index contributed by atoms with van der Waals surface area (Å²) >= 11 is 0. The minimum absolute atomic E-state index is 0.675. The average molecular weight is 299 g/mol. The lowest BCUT2D eigenvalue weighted by Crippen LogP contribution is -1.99. The van der Waals surface area contributed by atoms with Gasteiger partial charge in [-0.05, 0) is 23.8 Å². The normalized spacial score (nSPS) is 13.6. The largest absolute Gasteiger partial charge is 0.264 e. The van der Waals surface area contributed by atoms with Crippen LogP contribution in [0.2, 0.25) is 0 Å². The van der Waals surface area contributed by atoms with Crippen molar-refractivity contribution in [1.82, 2.24) is 19.9 Å². The van der Waals surface area contributed by atoms with Gasteiger partial charge in [-0.1, -0.05) is 6.07 Å². The Labute approximate surface area is 133 Å². The number of aliphatic imine (C=N–C) groups is 1. The molecule has 0 aromatic carbocycles. The van der Waals surface area contributed by atoms with Gasteiger partial charge >= 0.3 is 0 Å². The predicted molar refractivity (Wildman–Crippen MR) is 88.6 cm³/mol. The third-order valence-corrected chi connectivity index (χ3v) is 3.67. The van der Waals surface area contributed by atoms with Crippen LogP contribution < -0.4 is 0 Å². The molecule has 23 heavy (non-hydrogen) atoms. The van der Waals surface area contributed by atoms with E-state index in [9.17, 15) is 0 Å². The van der Waals surface area contributed by atoms with E-state index in [2.05, 4.69) is 24.9 Å². The summed E-state index contributed by atoms with van der Waals surface area (Å²) in [6, 6.07) is 7.76. The summed E-state index contributed by atoms with van der Waals surface area (Å²) < 4.78 is 0. The van der Waals surface area contributed by atoms with Gasteiger partial charge in [0.25, 0.3) is 0 Å². The highest BCUT2D eigenvalue weighted by Gasteiger charge is 2.14. The van der Waals surface area contributed by atoms with Crippen LogP contribution in [0, 0.1) is 0 Å². The highest BCUT2D eigenvalue weighted by molar-refractivity contribution is 6.08. The Morgan fingerprint density at radius 1 is 0.739 bits per heavy atom. The second-order valence-corrected chi connectivity index (χ2v) is 5.19. The Balaban J connectivity index is 1.52. The Morgan fingerprint density at radius 3 is 2.09 bits per heavy atom. The maximum Gasteiger partial charge on any atom is 0.160 e. The number of pyridine rings is 2. The molecule has 3 aromatic heterocycles. The Bertz CT molecular complexity index is 868. The number of hydrogen-bond acceptors (Lipinski definition) is 5. The lowest BCUT2D eigenvalue weighted by atomic mass is 10.0. The van der Waals surface area contributed by atoms with Crippen LogP contribution in [0.25, 0.3) is 17.0 Å². The van der Waals surface area contributed by atoms with E-state index in [-0.39, 0.29) is 0 Å². The molecule has 0 saturated heterocycles. The van der Waals surface area contributed by atoms with Crippen LogP contribution in [0.5, 0.6) is 0 Å². The fraction of sp³-hybridized carbons (Fsp3) is 0.0556. The second-order valence-electron chi connectivity index (χ2n) is 5.19. The zero-order valence-corrected chi connectivity index (χ0v) is 12.3. The lowest BCUT2D eigenvalue weighted by molar-refractivity contribution is 1.15. The molecule has 3 aromatic rings. The smallest absolute Gasteiger partial charge is 0.160 e. The summed E-state index contributed by atoms with van der Waals surface area (Å²) in [7, 11) is 0. The highest BCUT2D eigenvalue weighted by Crippen LogP contribution is 2.26. The second kappa shape index (κ2) is 5.88. The third-order valence-electron chi connectivity index (χ3n) is 3.67. The molecule has 0 radical (unpaired) electrons. The van der Waals surface area contributed by atoms with Crippen molar-refractivity contribution in [3.8, 4) is 11.4 Å². The van der Waals surface area contributed by atoms with Crippen LogP contribution in [0.3, 0.4) is 0 Å². The Hall–Kier alpha value is -3.21. The van der Waals surface area contributed by atoms with Crippen molar-refractivity contribution in [2.45, 2.75) is 6.42 Å². The first-order valence-corrected chi connectivity index (χ1v) is 7.29. The zero-order chi connectivity index (χ0) is 15.5. The van der Waals surface area contributed by atoms with E-state index in [4.69, 9.17) is 0 Å². The van der Waals surface area contributed by atoms with Gasteiger partial charge in [-0.25, -0.2) is 9.97 Å². The number of allylic oxidation sites excluding steroid dienone is 1. The van der Waals surface area contributed by atoms with Crippen LogP contribution in [-0.2, 0) is 0 Å². The maximum atomic E-state index is 4.49. The molecule has 0 saturated carbocycles. The summed E-state index contributed by atoms with van der Waals surface area (Å²) in [6.45, 7) is 0. The van der Waals surface area contributed by atoms with Crippen molar-refractivity contribution in [2.24, 2.45) is 4.99 Å². The molecule has 4 heterocycles. The van der Waals surface area contributed by atoms with E-state index in [1.807, 2.05) is 49.1 Å². The van der Waals surface area contributed by atoms with Crippen molar-refractivity contribution in [1.29, 1.82) is 0 Å². The first-order chi connectivity index (χ1) is 11.4. The zero-order valence-electron chi connectivity index (χ0n) is 12.3. The molecule has 5 heteroatoms. The standard InChI is InChI=1S/C18H13N5/c1-3-13(8-19-5-1)17-7-15(10-21-17)16-11-22-18(23-12-16)14-4-2-6-20-9-14/h1-6,8-12H,7H2. The Morgan fingerprint density at radius 2 is 1.43 bits per heavy atom. The van der Waals surface area contributed by atoms with Gasteiger partial charge in [0.1, 0.15) is 0 Å². The molecule has 0 spiro atoms. The van der Waals surface area contributed by atoms with Crippen LogP contribution in [0.1, 0.15) is 17.5 Å². The Kier molecular flexibility index (Phi) is 3.44. The van der Waals surface area contributed by atoms with Gasteiger partial charge in [0.2, 0.25) is 0 Å². The van der Waals surface area contributed by atoms with Crippen molar-refractivity contribution >= 4 is 11.3 Å².